The maximum Gasteiger partial charge on any atom is 0.123 e. The molecule has 0 unspecified atom stereocenters. The lowest BCUT2D eigenvalue weighted by atomic mass is 9.86. The van der Waals surface area contributed by atoms with Gasteiger partial charge in [0.25, 0.3) is 0 Å². The molecule has 2 heteroatoms. The fourth-order valence-corrected chi connectivity index (χ4v) is 1.75. The molecule has 0 heterocycles. The van der Waals surface area contributed by atoms with Crippen molar-refractivity contribution in [2.75, 3.05) is 19.7 Å². The number of nitrogens with one attached hydrogen (secondary N) is 1. The molecular formula is C15H25NO. The molecule has 0 aliphatic carbocycles. The van der Waals surface area contributed by atoms with E-state index in [-0.39, 0.29) is 5.41 Å². The molecule has 0 radical (unpaired) electrons. The van der Waals surface area contributed by atoms with Gasteiger partial charge in [0.05, 0.1) is 0 Å². The third-order valence-electron chi connectivity index (χ3n) is 2.66. The Labute approximate surface area is 105 Å². The van der Waals surface area contributed by atoms with Gasteiger partial charge in [0.15, 0.2) is 0 Å². The number of hydrogen-bond acceptors (Lipinski definition) is 2. The van der Waals surface area contributed by atoms with Crippen LogP contribution in [-0.2, 0) is 5.41 Å². The summed E-state index contributed by atoms with van der Waals surface area (Å²) in [5, 5.41) is 3.34. The third kappa shape index (κ3) is 4.78. The van der Waals surface area contributed by atoms with Crippen molar-refractivity contribution in [2.24, 2.45) is 0 Å². The zero-order chi connectivity index (χ0) is 12.7. The van der Waals surface area contributed by atoms with Crippen molar-refractivity contribution in [3.05, 3.63) is 29.8 Å². The van der Waals surface area contributed by atoms with Crippen LogP contribution in [0.2, 0.25) is 0 Å². The summed E-state index contributed by atoms with van der Waals surface area (Å²) in [5.41, 5.74) is 1.41. The molecule has 0 aliphatic rings. The van der Waals surface area contributed by atoms with Crippen molar-refractivity contribution in [1.82, 2.24) is 5.32 Å². The van der Waals surface area contributed by atoms with Crippen molar-refractivity contribution in [1.29, 1.82) is 0 Å². The van der Waals surface area contributed by atoms with Crippen LogP contribution in [0, 0.1) is 0 Å². The number of hydrogen-bond donors (Lipinski definition) is 1. The molecule has 0 atom stereocenters. The monoisotopic (exact) mass is 235 g/mol. The molecule has 1 N–H and O–H groups in total. The van der Waals surface area contributed by atoms with Crippen LogP contribution in [0.15, 0.2) is 24.3 Å². The van der Waals surface area contributed by atoms with Crippen molar-refractivity contribution >= 4 is 0 Å². The van der Waals surface area contributed by atoms with Crippen LogP contribution in [0.5, 0.6) is 5.75 Å². The van der Waals surface area contributed by atoms with Crippen molar-refractivity contribution < 1.29 is 4.74 Å². The normalized spacial score (nSPS) is 11.5. The summed E-state index contributed by atoms with van der Waals surface area (Å²) in [4.78, 5) is 0. The Balaban J connectivity index is 2.53. The van der Waals surface area contributed by atoms with Crippen LogP contribution in [0.3, 0.4) is 0 Å². The first-order valence-corrected chi connectivity index (χ1v) is 6.48. The van der Waals surface area contributed by atoms with E-state index in [1.165, 1.54) is 12.0 Å². The topological polar surface area (TPSA) is 21.3 Å². The van der Waals surface area contributed by atoms with Crippen LogP contribution < -0.4 is 10.1 Å². The average Bonchev–Trinajstić information content (AvgIpc) is 2.28. The molecular weight excluding hydrogens is 210 g/mol. The predicted octanol–water partition coefficient (Wildman–Crippen LogP) is 3.36. The van der Waals surface area contributed by atoms with E-state index in [0.29, 0.717) is 0 Å². The molecule has 0 spiro atoms. The van der Waals surface area contributed by atoms with Gasteiger partial charge in [-0.05, 0) is 30.0 Å². The second-order valence-electron chi connectivity index (χ2n) is 5.34. The first kappa shape index (κ1) is 14.0. The van der Waals surface area contributed by atoms with E-state index in [2.05, 4.69) is 51.2 Å². The van der Waals surface area contributed by atoms with Crippen LogP contribution in [-0.4, -0.2) is 19.7 Å². The smallest absolute Gasteiger partial charge is 0.123 e. The van der Waals surface area contributed by atoms with Gasteiger partial charge < -0.3 is 10.1 Å². The maximum absolute atomic E-state index is 5.85. The summed E-state index contributed by atoms with van der Waals surface area (Å²) in [5.74, 6) is 1.01. The fraction of sp³-hybridized carbons (Fsp3) is 0.600. The minimum absolute atomic E-state index is 0.132. The second-order valence-corrected chi connectivity index (χ2v) is 5.34. The number of para-hydroxylation sites is 1. The predicted molar refractivity (Wildman–Crippen MR) is 73.8 cm³/mol. The molecule has 0 amide bonds. The van der Waals surface area contributed by atoms with Gasteiger partial charge in [-0.25, -0.2) is 0 Å². The zero-order valence-corrected chi connectivity index (χ0v) is 11.5. The molecule has 0 aromatic heterocycles. The highest BCUT2D eigenvalue weighted by molar-refractivity contribution is 5.38. The molecule has 1 aromatic carbocycles. The van der Waals surface area contributed by atoms with E-state index in [4.69, 9.17) is 4.74 Å². The Hall–Kier alpha value is -1.02. The minimum atomic E-state index is 0.132. The summed E-state index contributed by atoms with van der Waals surface area (Å²) in [6.07, 6.45) is 1.17. The molecule has 96 valence electrons. The average molecular weight is 235 g/mol. The first-order chi connectivity index (χ1) is 8.05. The first-order valence-electron chi connectivity index (χ1n) is 6.48. The van der Waals surface area contributed by atoms with Gasteiger partial charge in [0.2, 0.25) is 0 Å². The van der Waals surface area contributed by atoms with Gasteiger partial charge in [-0.3, -0.25) is 0 Å². The Morgan fingerprint density at radius 3 is 2.47 bits per heavy atom. The van der Waals surface area contributed by atoms with E-state index in [1.807, 2.05) is 6.07 Å². The molecule has 0 bridgehead atoms. The van der Waals surface area contributed by atoms with Crippen LogP contribution >= 0.6 is 0 Å². The lowest BCUT2D eigenvalue weighted by Gasteiger charge is -2.22. The van der Waals surface area contributed by atoms with Gasteiger partial charge in [0.1, 0.15) is 12.4 Å². The number of benzene rings is 1. The standard InChI is InChI=1S/C15H25NO/c1-5-10-16-11-12-17-14-9-7-6-8-13(14)15(2,3)4/h6-9,16H,5,10-12H2,1-4H3. The molecule has 17 heavy (non-hydrogen) atoms. The Morgan fingerprint density at radius 2 is 1.82 bits per heavy atom. The molecule has 2 nitrogen and oxygen atoms in total. The summed E-state index contributed by atoms with van der Waals surface area (Å²) >= 11 is 0. The number of rotatable bonds is 6. The Morgan fingerprint density at radius 1 is 1.12 bits per heavy atom. The Kier molecular flexibility index (Phi) is 5.49. The Bertz CT molecular complexity index is 328. The maximum atomic E-state index is 5.85. The van der Waals surface area contributed by atoms with Gasteiger partial charge >= 0.3 is 0 Å². The molecule has 1 rings (SSSR count). The van der Waals surface area contributed by atoms with Crippen molar-refractivity contribution in [3.8, 4) is 5.75 Å². The van der Waals surface area contributed by atoms with E-state index in [9.17, 15) is 0 Å². The van der Waals surface area contributed by atoms with Gasteiger partial charge in [-0.15, -0.1) is 0 Å². The van der Waals surface area contributed by atoms with E-state index >= 15 is 0 Å². The molecule has 0 saturated carbocycles. The van der Waals surface area contributed by atoms with Crippen LogP contribution in [0.1, 0.15) is 39.7 Å². The lowest BCUT2D eigenvalue weighted by Crippen LogP contribution is -2.22. The fourth-order valence-electron chi connectivity index (χ4n) is 1.75. The summed E-state index contributed by atoms with van der Waals surface area (Å²) in [7, 11) is 0. The largest absolute Gasteiger partial charge is 0.492 e. The molecule has 0 aliphatic heterocycles. The highest BCUT2D eigenvalue weighted by atomic mass is 16.5. The summed E-state index contributed by atoms with van der Waals surface area (Å²) in [6.45, 7) is 11.5. The summed E-state index contributed by atoms with van der Waals surface area (Å²) < 4.78 is 5.85. The van der Waals surface area contributed by atoms with E-state index in [1.54, 1.807) is 0 Å². The molecule has 0 saturated heterocycles. The van der Waals surface area contributed by atoms with Crippen LogP contribution in [0.25, 0.3) is 0 Å². The second kappa shape index (κ2) is 6.65. The summed E-state index contributed by atoms with van der Waals surface area (Å²) in [6, 6.07) is 8.31. The third-order valence-corrected chi connectivity index (χ3v) is 2.66. The minimum Gasteiger partial charge on any atom is -0.492 e. The quantitative estimate of drug-likeness (QED) is 0.763. The van der Waals surface area contributed by atoms with Crippen molar-refractivity contribution in [3.63, 3.8) is 0 Å². The highest BCUT2D eigenvalue weighted by Crippen LogP contribution is 2.30. The van der Waals surface area contributed by atoms with E-state index < -0.39 is 0 Å². The van der Waals surface area contributed by atoms with Gasteiger partial charge in [-0.2, -0.15) is 0 Å². The van der Waals surface area contributed by atoms with Crippen LogP contribution in [0.4, 0.5) is 0 Å². The van der Waals surface area contributed by atoms with Gasteiger partial charge in [0, 0.05) is 6.54 Å². The lowest BCUT2D eigenvalue weighted by molar-refractivity contribution is 0.306. The van der Waals surface area contributed by atoms with E-state index in [0.717, 1.165) is 25.4 Å². The molecule has 0 fully saturated rings. The highest BCUT2D eigenvalue weighted by Gasteiger charge is 2.17. The zero-order valence-electron chi connectivity index (χ0n) is 11.5. The van der Waals surface area contributed by atoms with Gasteiger partial charge in [-0.1, -0.05) is 45.9 Å². The SMILES string of the molecule is CCCNCCOc1ccccc1C(C)(C)C. The molecule has 1 aromatic rings. The number of ether oxygens (including phenoxy) is 1. The van der Waals surface area contributed by atoms with Crippen molar-refractivity contribution in [2.45, 2.75) is 39.5 Å².